The number of non-ortho nitro benzene ring substituents is 1. The number of imidazole rings is 1. The molecule has 114 valence electrons. The monoisotopic (exact) mass is 343 g/mol. The van der Waals surface area contributed by atoms with Crippen LogP contribution < -0.4 is 0 Å². The standard InChI is InChI=1S/C14H9N5O2S2/c15-7-22-13-11(9-2-1-3-10(6-9)19(20)21)16-14-18(13)17-12(23-14)8-4-5-8/h1-3,6,8H,4-5H2. The van der Waals surface area contributed by atoms with Crippen LogP contribution in [0.15, 0.2) is 29.3 Å². The zero-order chi connectivity index (χ0) is 16.0. The van der Waals surface area contributed by atoms with Gasteiger partial charge in [-0.2, -0.15) is 14.9 Å². The molecule has 4 rings (SSSR count). The first-order valence-electron chi connectivity index (χ1n) is 6.87. The Morgan fingerprint density at radius 2 is 2.30 bits per heavy atom. The summed E-state index contributed by atoms with van der Waals surface area (Å²) in [6.07, 6.45) is 2.30. The number of nitro benzene ring substituents is 1. The van der Waals surface area contributed by atoms with Gasteiger partial charge in [-0.15, -0.1) is 0 Å². The number of hydrogen-bond donors (Lipinski definition) is 0. The van der Waals surface area contributed by atoms with Crippen molar-refractivity contribution in [3.63, 3.8) is 0 Å². The number of aromatic nitrogens is 3. The Kier molecular flexibility index (Phi) is 3.28. The lowest BCUT2D eigenvalue weighted by molar-refractivity contribution is -0.384. The van der Waals surface area contributed by atoms with Crippen LogP contribution in [-0.4, -0.2) is 19.5 Å². The van der Waals surface area contributed by atoms with Crippen molar-refractivity contribution in [1.29, 1.82) is 5.26 Å². The Hall–Kier alpha value is -2.44. The SMILES string of the molecule is N#CSc1c(-c2cccc([N+](=O)[O-])c2)nc2sc(C3CC3)nn12. The topological polar surface area (TPSA) is 97.1 Å². The molecule has 9 heteroatoms. The van der Waals surface area contributed by atoms with Crippen molar-refractivity contribution in [3.05, 3.63) is 39.4 Å². The minimum absolute atomic E-state index is 0.00149. The predicted molar refractivity (Wildman–Crippen MR) is 86.4 cm³/mol. The molecule has 7 nitrogen and oxygen atoms in total. The molecular formula is C14H9N5O2S2. The third-order valence-corrected chi connectivity index (χ3v) is 5.30. The molecule has 0 aliphatic heterocycles. The van der Waals surface area contributed by atoms with Crippen LogP contribution in [0.2, 0.25) is 0 Å². The average Bonchev–Trinajstić information content (AvgIpc) is 3.23. The van der Waals surface area contributed by atoms with Gasteiger partial charge in [0.1, 0.15) is 21.1 Å². The number of rotatable bonds is 4. The summed E-state index contributed by atoms with van der Waals surface area (Å²) in [6, 6.07) is 6.27. The minimum Gasteiger partial charge on any atom is -0.258 e. The molecule has 2 heterocycles. The van der Waals surface area contributed by atoms with Crippen molar-refractivity contribution in [3.8, 4) is 16.7 Å². The second kappa shape index (κ2) is 5.33. The lowest BCUT2D eigenvalue weighted by Crippen LogP contribution is -1.91. The first-order valence-corrected chi connectivity index (χ1v) is 8.51. The molecule has 1 aromatic carbocycles. The predicted octanol–water partition coefficient (Wildman–Crippen LogP) is 3.82. The Balaban J connectivity index is 1.87. The first kappa shape index (κ1) is 14.2. The molecule has 0 radical (unpaired) electrons. The minimum atomic E-state index is -0.442. The molecule has 1 saturated carbocycles. The van der Waals surface area contributed by atoms with Crippen molar-refractivity contribution < 1.29 is 4.92 Å². The van der Waals surface area contributed by atoms with E-state index in [-0.39, 0.29) is 5.69 Å². The quantitative estimate of drug-likeness (QED) is 0.309. The van der Waals surface area contributed by atoms with Gasteiger partial charge in [-0.05, 0) is 12.8 Å². The highest BCUT2D eigenvalue weighted by Crippen LogP contribution is 2.43. The Morgan fingerprint density at radius 3 is 3.00 bits per heavy atom. The van der Waals surface area contributed by atoms with Crippen LogP contribution in [0.5, 0.6) is 0 Å². The number of fused-ring (bicyclic) bond motifs is 1. The fourth-order valence-electron chi connectivity index (χ4n) is 2.33. The van der Waals surface area contributed by atoms with Crippen LogP contribution in [0.1, 0.15) is 23.8 Å². The summed E-state index contributed by atoms with van der Waals surface area (Å²) in [5.41, 5.74) is 1.17. The van der Waals surface area contributed by atoms with E-state index in [0.29, 0.717) is 27.2 Å². The molecule has 1 aliphatic carbocycles. The van der Waals surface area contributed by atoms with Crippen molar-refractivity contribution in [2.24, 2.45) is 0 Å². The van der Waals surface area contributed by atoms with E-state index in [1.165, 1.54) is 23.5 Å². The number of hydrogen-bond acceptors (Lipinski definition) is 7. The molecule has 3 aromatic rings. The molecule has 0 unspecified atom stereocenters. The van der Waals surface area contributed by atoms with Gasteiger partial charge in [-0.1, -0.05) is 23.5 Å². The average molecular weight is 343 g/mol. The molecule has 0 saturated heterocycles. The van der Waals surface area contributed by atoms with Gasteiger partial charge in [0.15, 0.2) is 0 Å². The Bertz CT molecular complexity index is 967. The second-order valence-electron chi connectivity index (χ2n) is 5.18. The smallest absolute Gasteiger partial charge is 0.258 e. The van der Waals surface area contributed by atoms with E-state index in [1.54, 1.807) is 16.6 Å². The highest BCUT2D eigenvalue weighted by molar-refractivity contribution is 8.03. The van der Waals surface area contributed by atoms with Crippen LogP contribution in [-0.2, 0) is 0 Å². The summed E-state index contributed by atoms with van der Waals surface area (Å²) in [6.45, 7) is 0. The largest absolute Gasteiger partial charge is 0.270 e. The zero-order valence-electron chi connectivity index (χ0n) is 11.7. The Morgan fingerprint density at radius 1 is 1.48 bits per heavy atom. The van der Waals surface area contributed by atoms with E-state index < -0.39 is 4.92 Å². The number of thioether (sulfide) groups is 1. The van der Waals surface area contributed by atoms with Gasteiger partial charge in [0, 0.05) is 35.4 Å². The number of nitriles is 1. The van der Waals surface area contributed by atoms with E-state index >= 15 is 0 Å². The molecule has 0 N–H and O–H groups in total. The summed E-state index contributed by atoms with van der Waals surface area (Å²) in [4.78, 5) is 15.8. The highest BCUT2D eigenvalue weighted by Gasteiger charge is 2.29. The molecule has 1 fully saturated rings. The van der Waals surface area contributed by atoms with Gasteiger partial charge in [-0.25, -0.2) is 4.98 Å². The van der Waals surface area contributed by atoms with Crippen LogP contribution in [0.4, 0.5) is 5.69 Å². The highest BCUT2D eigenvalue weighted by atomic mass is 32.2. The van der Waals surface area contributed by atoms with E-state index in [0.717, 1.165) is 29.6 Å². The van der Waals surface area contributed by atoms with Crippen molar-refractivity contribution in [1.82, 2.24) is 14.6 Å². The fourth-order valence-corrected chi connectivity index (χ4v) is 4.02. The molecule has 0 atom stereocenters. The molecule has 23 heavy (non-hydrogen) atoms. The van der Waals surface area contributed by atoms with Gasteiger partial charge in [0.25, 0.3) is 5.69 Å². The number of benzene rings is 1. The maximum Gasteiger partial charge on any atom is 0.270 e. The fraction of sp³-hybridized carbons (Fsp3) is 0.214. The Labute approximate surface area is 138 Å². The van der Waals surface area contributed by atoms with Gasteiger partial charge < -0.3 is 0 Å². The van der Waals surface area contributed by atoms with Gasteiger partial charge in [0.05, 0.1) is 4.92 Å². The van der Waals surface area contributed by atoms with E-state index in [2.05, 4.69) is 15.5 Å². The van der Waals surface area contributed by atoms with Gasteiger partial charge >= 0.3 is 0 Å². The molecule has 0 spiro atoms. The van der Waals surface area contributed by atoms with E-state index in [4.69, 9.17) is 5.26 Å². The maximum absolute atomic E-state index is 11.0. The summed E-state index contributed by atoms with van der Waals surface area (Å²) in [7, 11) is 0. The van der Waals surface area contributed by atoms with Crippen LogP contribution in [0, 0.1) is 20.8 Å². The lowest BCUT2D eigenvalue weighted by atomic mass is 10.1. The molecular weight excluding hydrogens is 334 g/mol. The van der Waals surface area contributed by atoms with Crippen molar-refractivity contribution in [2.45, 2.75) is 23.8 Å². The molecule has 2 aromatic heterocycles. The molecule has 0 amide bonds. The summed E-state index contributed by atoms with van der Waals surface area (Å²) >= 11 is 2.49. The van der Waals surface area contributed by atoms with Crippen LogP contribution >= 0.6 is 23.1 Å². The number of nitrogens with zero attached hydrogens (tertiary/aromatic N) is 5. The van der Waals surface area contributed by atoms with Crippen LogP contribution in [0.3, 0.4) is 0 Å². The van der Waals surface area contributed by atoms with E-state index in [1.807, 2.05) is 0 Å². The molecule has 0 bridgehead atoms. The summed E-state index contributed by atoms with van der Waals surface area (Å²) in [5.74, 6) is 0.517. The van der Waals surface area contributed by atoms with Gasteiger partial charge in [0.2, 0.25) is 4.96 Å². The normalized spacial score (nSPS) is 14.0. The zero-order valence-corrected chi connectivity index (χ0v) is 13.3. The van der Waals surface area contributed by atoms with E-state index in [9.17, 15) is 10.1 Å². The van der Waals surface area contributed by atoms with Gasteiger partial charge in [-0.3, -0.25) is 10.1 Å². The maximum atomic E-state index is 11.0. The third-order valence-electron chi connectivity index (χ3n) is 3.58. The summed E-state index contributed by atoms with van der Waals surface area (Å²) in [5, 5.41) is 28.3. The number of nitro groups is 1. The number of thiocyanates is 1. The van der Waals surface area contributed by atoms with Crippen molar-refractivity contribution in [2.75, 3.05) is 0 Å². The second-order valence-corrected chi connectivity index (χ2v) is 6.94. The summed E-state index contributed by atoms with van der Waals surface area (Å²) < 4.78 is 1.68. The molecule has 1 aliphatic rings. The third kappa shape index (κ3) is 2.46. The first-order chi connectivity index (χ1) is 11.2. The van der Waals surface area contributed by atoms with Crippen molar-refractivity contribution >= 4 is 33.7 Å². The lowest BCUT2D eigenvalue weighted by Gasteiger charge is -2.00. The van der Waals surface area contributed by atoms with Crippen LogP contribution in [0.25, 0.3) is 16.2 Å².